The van der Waals surface area contributed by atoms with Gasteiger partial charge in [0, 0.05) is 18.4 Å². The minimum Gasteiger partial charge on any atom is -0.497 e. The maximum atomic E-state index is 12.6. The molecule has 0 amide bonds. The van der Waals surface area contributed by atoms with Crippen LogP contribution in [0.5, 0.6) is 0 Å². The van der Waals surface area contributed by atoms with Crippen LogP contribution in [0.3, 0.4) is 0 Å². The fourth-order valence-electron chi connectivity index (χ4n) is 4.60. The van der Waals surface area contributed by atoms with Gasteiger partial charge in [0.15, 0.2) is 5.78 Å². The van der Waals surface area contributed by atoms with E-state index in [4.69, 9.17) is 9.47 Å². The Bertz CT molecular complexity index is 506. The molecule has 1 spiro atoms. The van der Waals surface area contributed by atoms with Crippen molar-refractivity contribution in [3.63, 3.8) is 0 Å². The van der Waals surface area contributed by atoms with Crippen LogP contribution in [0, 0.1) is 17.3 Å². The van der Waals surface area contributed by atoms with E-state index in [0.717, 1.165) is 12.2 Å². The van der Waals surface area contributed by atoms with Crippen LogP contribution in [0.4, 0.5) is 0 Å². The van der Waals surface area contributed by atoms with Crippen LogP contribution < -0.4 is 0 Å². The molecule has 2 bridgehead atoms. The van der Waals surface area contributed by atoms with Crippen molar-refractivity contribution in [3.8, 4) is 0 Å². The Morgan fingerprint density at radius 3 is 2.84 bits per heavy atom. The SMILES string of the molecule is C[C@H]1C2=C(CCO2)[C@@H]2O[C@]13C(=O)CC(C)(C)[C@@H](O)[C@@H]23. The molecule has 5 aliphatic rings. The van der Waals surface area contributed by atoms with Crippen molar-refractivity contribution in [2.45, 2.75) is 51.4 Å². The number of rotatable bonds is 0. The van der Waals surface area contributed by atoms with Gasteiger partial charge >= 0.3 is 0 Å². The highest BCUT2D eigenvalue weighted by Gasteiger charge is 2.74. The summed E-state index contributed by atoms with van der Waals surface area (Å²) in [6, 6.07) is 0. The summed E-state index contributed by atoms with van der Waals surface area (Å²) in [6.45, 7) is 6.64. The number of hydrogen-bond donors (Lipinski definition) is 1. The van der Waals surface area contributed by atoms with Crippen molar-refractivity contribution < 1.29 is 19.4 Å². The van der Waals surface area contributed by atoms with E-state index in [2.05, 4.69) is 0 Å². The van der Waals surface area contributed by atoms with E-state index in [-0.39, 0.29) is 29.1 Å². The van der Waals surface area contributed by atoms with Crippen molar-refractivity contribution in [1.29, 1.82) is 0 Å². The fourth-order valence-corrected chi connectivity index (χ4v) is 4.60. The standard InChI is InChI=1S/C15H20O4/c1-7-11-8(4-5-18-11)12-10-13(17)14(2,3)6-9(16)15(7,10)19-12/h7,10,12-13,17H,4-6H2,1-3H3/t7-,10+,12-,13-,15-/m0/s1. The van der Waals surface area contributed by atoms with Crippen LogP contribution in [0.15, 0.2) is 11.3 Å². The topological polar surface area (TPSA) is 55.8 Å². The number of aliphatic hydroxyl groups excluding tert-OH is 1. The third-order valence-corrected chi connectivity index (χ3v) is 5.66. The zero-order valence-corrected chi connectivity index (χ0v) is 11.6. The summed E-state index contributed by atoms with van der Waals surface area (Å²) in [4.78, 5) is 12.6. The summed E-state index contributed by atoms with van der Waals surface area (Å²) in [7, 11) is 0. The first-order valence-corrected chi connectivity index (χ1v) is 7.14. The van der Waals surface area contributed by atoms with Crippen molar-refractivity contribution in [2.75, 3.05) is 6.61 Å². The predicted molar refractivity (Wildman–Crippen MR) is 67.3 cm³/mol. The maximum absolute atomic E-state index is 12.6. The van der Waals surface area contributed by atoms with Crippen molar-refractivity contribution >= 4 is 5.78 Å². The van der Waals surface area contributed by atoms with Crippen LogP contribution in [0.1, 0.15) is 33.6 Å². The van der Waals surface area contributed by atoms with Crippen molar-refractivity contribution in [1.82, 2.24) is 0 Å². The lowest BCUT2D eigenvalue weighted by Crippen LogP contribution is -2.78. The van der Waals surface area contributed by atoms with Gasteiger partial charge in [-0.3, -0.25) is 4.79 Å². The van der Waals surface area contributed by atoms with E-state index in [1.807, 2.05) is 20.8 Å². The van der Waals surface area contributed by atoms with Gasteiger partial charge in [-0.05, 0) is 5.41 Å². The van der Waals surface area contributed by atoms with Crippen LogP contribution in [-0.2, 0) is 14.3 Å². The number of ether oxygens (including phenoxy) is 2. The maximum Gasteiger partial charge on any atom is 0.166 e. The molecule has 3 aliphatic heterocycles. The number of aliphatic hydroxyl groups is 1. The Morgan fingerprint density at radius 2 is 2.11 bits per heavy atom. The highest BCUT2D eigenvalue weighted by molar-refractivity contribution is 5.92. The van der Waals surface area contributed by atoms with E-state index < -0.39 is 11.7 Å². The molecule has 104 valence electrons. The normalized spacial score (nSPS) is 50.2. The highest BCUT2D eigenvalue weighted by atomic mass is 16.6. The zero-order chi connectivity index (χ0) is 13.6. The average molecular weight is 264 g/mol. The zero-order valence-electron chi connectivity index (χ0n) is 11.6. The molecule has 1 N–H and O–H groups in total. The molecule has 1 saturated heterocycles. The average Bonchev–Trinajstić information content (AvgIpc) is 2.75. The van der Waals surface area contributed by atoms with E-state index in [0.29, 0.717) is 13.0 Å². The van der Waals surface area contributed by atoms with Gasteiger partial charge in [0.25, 0.3) is 0 Å². The molecule has 4 heteroatoms. The summed E-state index contributed by atoms with van der Waals surface area (Å²) in [5.74, 6) is 0.962. The van der Waals surface area contributed by atoms with Gasteiger partial charge in [-0.15, -0.1) is 0 Å². The van der Waals surface area contributed by atoms with E-state index in [1.165, 1.54) is 5.57 Å². The lowest BCUT2D eigenvalue weighted by Gasteiger charge is -2.65. The monoisotopic (exact) mass is 264 g/mol. The second-order valence-electron chi connectivity index (χ2n) is 7.10. The Morgan fingerprint density at radius 1 is 1.37 bits per heavy atom. The van der Waals surface area contributed by atoms with E-state index in [1.54, 1.807) is 0 Å². The van der Waals surface area contributed by atoms with Crippen molar-refractivity contribution in [2.24, 2.45) is 17.3 Å². The molecule has 5 rings (SSSR count). The Labute approximate surface area is 112 Å². The first-order valence-electron chi connectivity index (χ1n) is 7.14. The van der Waals surface area contributed by atoms with Crippen LogP contribution in [-0.4, -0.2) is 35.3 Å². The fraction of sp³-hybridized carbons (Fsp3) is 0.800. The van der Waals surface area contributed by atoms with Crippen LogP contribution in [0.2, 0.25) is 0 Å². The molecule has 3 heterocycles. The molecule has 2 fully saturated rings. The Hall–Kier alpha value is -0.870. The molecule has 19 heavy (non-hydrogen) atoms. The molecule has 2 aliphatic carbocycles. The Kier molecular flexibility index (Phi) is 2.03. The number of carbonyl (C=O) groups is 1. The predicted octanol–water partition coefficient (Wildman–Crippen LogP) is 1.42. The molecule has 5 atom stereocenters. The smallest absolute Gasteiger partial charge is 0.166 e. The van der Waals surface area contributed by atoms with Gasteiger partial charge in [0.2, 0.25) is 0 Å². The van der Waals surface area contributed by atoms with Gasteiger partial charge < -0.3 is 14.6 Å². The number of Topliss-reactive ketones (excluding diaryl/α,β-unsaturated/α-hetero) is 1. The van der Waals surface area contributed by atoms with E-state index >= 15 is 0 Å². The van der Waals surface area contributed by atoms with Gasteiger partial charge in [0.1, 0.15) is 11.4 Å². The molecule has 0 radical (unpaired) electrons. The molecule has 0 unspecified atom stereocenters. The molecular weight excluding hydrogens is 244 g/mol. The molecule has 1 saturated carbocycles. The highest BCUT2D eigenvalue weighted by Crippen LogP contribution is 2.63. The summed E-state index contributed by atoms with van der Waals surface area (Å²) in [6.07, 6.45) is 0.663. The minimum absolute atomic E-state index is 0.0572. The quantitative estimate of drug-likeness (QED) is 0.719. The second-order valence-corrected chi connectivity index (χ2v) is 7.10. The summed E-state index contributed by atoms with van der Waals surface area (Å²) < 4.78 is 11.7. The summed E-state index contributed by atoms with van der Waals surface area (Å²) >= 11 is 0. The first kappa shape index (κ1) is 11.9. The first-order chi connectivity index (χ1) is 8.89. The van der Waals surface area contributed by atoms with Gasteiger partial charge in [-0.1, -0.05) is 20.8 Å². The summed E-state index contributed by atoms with van der Waals surface area (Å²) in [5.41, 5.74) is 0.0109. The second kappa shape index (κ2) is 3.23. The molecule has 0 aromatic rings. The third kappa shape index (κ3) is 1.12. The van der Waals surface area contributed by atoms with Crippen LogP contribution in [0.25, 0.3) is 0 Å². The molecular formula is C15H20O4. The van der Waals surface area contributed by atoms with Gasteiger partial charge in [-0.2, -0.15) is 0 Å². The third-order valence-electron chi connectivity index (χ3n) is 5.66. The number of hydrogen-bond acceptors (Lipinski definition) is 4. The van der Waals surface area contributed by atoms with Gasteiger partial charge in [0.05, 0.1) is 30.7 Å². The Balaban J connectivity index is 1.85. The lowest BCUT2D eigenvalue weighted by molar-refractivity contribution is -0.309. The lowest BCUT2D eigenvalue weighted by atomic mass is 9.50. The number of ketones is 1. The van der Waals surface area contributed by atoms with Gasteiger partial charge in [-0.25, -0.2) is 0 Å². The largest absolute Gasteiger partial charge is 0.497 e. The van der Waals surface area contributed by atoms with Crippen LogP contribution >= 0.6 is 0 Å². The molecule has 0 aromatic carbocycles. The van der Waals surface area contributed by atoms with Crippen molar-refractivity contribution in [3.05, 3.63) is 11.3 Å². The minimum atomic E-state index is -0.817. The molecule has 0 aromatic heterocycles. The number of carbonyl (C=O) groups excluding carboxylic acids is 1. The molecule has 4 nitrogen and oxygen atoms in total. The van der Waals surface area contributed by atoms with E-state index in [9.17, 15) is 9.90 Å². The summed E-state index contributed by atoms with van der Waals surface area (Å²) in [5, 5.41) is 10.7.